The first-order valence-corrected chi connectivity index (χ1v) is 4.07. The lowest BCUT2D eigenvalue weighted by atomic mass is 10.00. The highest BCUT2D eigenvalue weighted by Gasteiger charge is 2.22. The molecule has 1 unspecified atom stereocenters. The number of carboxylic acid groups (broad SMARTS) is 1. The number of carbonyl (C=O) groups is 1. The molecule has 0 saturated heterocycles. The fourth-order valence-electron chi connectivity index (χ4n) is 1.28. The third-order valence-corrected chi connectivity index (χ3v) is 2.11. The number of H-pyrrole nitrogens is 2. The molecular weight excluding hydrogens is 172 g/mol. The Labute approximate surface area is 74.8 Å². The monoisotopic (exact) mass is 184 g/mol. The minimum absolute atomic E-state index is 0.255. The Hall–Kier alpha value is -1.52. The van der Waals surface area contributed by atoms with Crippen LogP contribution in [0, 0.1) is 6.92 Å². The summed E-state index contributed by atoms with van der Waals surface area (Å²) in [5.74, 6) is -1.54. The second-order valence-electron chi connectivity index (χ2n) is 2.92. The zero-order chi connectivity index (χ0) is 10.0. The van der Waals surface area contributed by atoms with E-state index in [4.69, 9.17) is 5.11 Å². The summed E-state index contributed by atoms with van der Waals surface area (Å²) >= 11 is 0. The highest BCUT2D eigenvalue weighted by Crippen LogP contribution is 2.18. The molecule has 0 aromatic carbocycles. The predicted octanol–water partition coefficient (Wildman–Crippen LogP) is 0.590. The molecule has 0 aliphatic rings. The summed E-state index contributed by atoms with van der Waals surface area (Å²) in [6.45, 7) is 3.37. The number of aromatic amines is 2. The lowest BCUT2D eigenvalue weighted by Crippen LogP contribution is -2.13. The van der Waals surface area contributed by atoms with Crippen LogP contribution in [0.1, 0.15) is 30.5 Å². The molecule has 5 heteroatoms. The highest BCUT2D eigenvalue weighted by molar-refractivity contribution is 5.75. The molecule has 1 atom stereocenters. The van der Waals surface area contributed by atoms with Crippen molar-refractivity contribution in [1.29, 1.82) is 0 Å². The molecule has 0 saturated carbocycles. The van der Waals surface area contributed by atoms with Crippen molar-refractivity contribution in [2.75, 3.05) is 0 Å². The molecule has 0 radical (unpaired) electrons. The van der Waals surface area contributed by atoms with Gasteiger partial charge in [0.1, 0.15) is 0 Å². The number of carboxylic acids is 1. The van der Waals surface area contributed by atoms with Crippen LogP contribution in [0.2, 0.25) is 0 Å². The molecule has 5 nitrogen and oxygen atoms in total. The summed E-state index contributed by atoms with van der Waals surface area (Å²) in [7, 11) is 0. The van der Waals surface area contributed by atoms with E-state index < -0.39 is 11.9 Å². The maximum Gasteiger partial charge on any atom is 0.312 e. The molecule has 0 amide bonds. The number of aliphatic carboxylic acids is 1. The first-order valence-electron chi connectivity index (χ1n) is 4.07. The van der Waals surface area contributed by atoms with Gasteiger partial charge in [-0.15, -0.1) is 0 Å². The van der Waals surface area contributed by atoms with E-state index in [2.05, 4.69) is 10.2 Å². The maximum atomic E-state index is 11.0. The topological polar surface area (TPSA) is 85.9 Å². The van der Waals surface area contributed by atoms with E-state index in [1.54, 1.807) is 13.8 Å². The van der Waals surface area contributed by atoms with Crippen LogP contribution in [0.15, 0.2) is 4.79 Å². The normalized spacial score (nSPS) is 12.8. The van der Waals surface area contributed by atoms with Gasteiger partial charge in [-0.1, -0.05) is 6.92 Å². The molecule has 72 valence electrons. The van der Waals surface area contributed by atoms with E-state index in [1.807, 2.05) is 0 Å². The van der Waals surface area contributed by atoms with Crippen molar-refractivity contribution in [1.82, 2.24) is 10.2 Å². The van der Waals surface area contributed by atoms with Crippen molar-refractivity contribution in [3.8, 4) is 0 Å². The van der Waals surface area contributed by atoms with E-state index in [0.29, 0.717) is 17.7 Å². The number of nitrogens with one attached hydrogen (secondary N) is 2. The van der Waals surface area contributed by atoms with Gasteiger partial charge in [0.25, 0.3) is 5.56 Å². The third kappa shape index (κ3) is 1.63. The Morgan fingerprint density at radius 2 is 2.15 bits per heavy atom. The Morgan fingerprint density at radius 3 is 2.46 bits per heavy atom. The zero-order valence-corrected chi connectivity index (χ0v) is 7.55. The zero-order valence-electron chi connectivity index (χ0n) is 7.55. The summed E-state index contributed by atoms with van der Waals surface area (Å²) in [6, 6.07) is 0. The summed E-state index contributed by atoms with van der Waals surface area (Å²) in [4.78, 5) is 21.8. The summed E-state index contributed by atoms with van der Waals surface area (Å²) < 4.78 is 0. The van der Waals surface area contributed by atoms with Gasteiger partial charge in [-0.2, -0.15) is 0 Å². The Kier molecular flexibility index (Phi) is 2.55. The van der Waals surface area contributed by atoms with Crippen LogP contribution in [0.4, 0.5) is 0 Å². The fourth-order valence-corrected chi connectivity index (χ4v) is 1.28. The lowest BCUT2D eigenvalue weighted by molar-refractivity contribution is -0.139. The maximum absolute atomic E-state index is 11.0. The Balaban J connectivity index is 3.12. The summed E-state index contributed by atoms with van der Waals surface area (Å²) in [6.07, 6.45) is 0.462. The number of rotatable bonds is 3. The molecule has 0 fully saturated rings. The van der Waals surface area contributed by atoms with Crippen molar-refractivity contribution in [2.24, 2.45) is 0 Å². The average Bonchev–Trinajstić information content (AvgIpc) is 2.37. The van der Waals surface area contributed by atoms with Crippen molar-refractivity contribution in [2.45, 2.75) is 26.2 Å². The third-order valence-electron chi connectivity index (χ3n) is 2.11. The molecule has 1 heterocycles. The molecule has 1 aromatic rings. The minimum Gasteiger partial charge on any atom is -0.481 e. The minimum atomic E-state index is -0.916. The molecule has 3 N–H and O–H groups in total. The molecule has 13 heavy (non-hydrogen) atoms. The molecule has 1 rings (SSSR count). The highest BCUT2D eigenvalue weighted by atomic mass is 16.4. The molecule has 0 aliphatic heterocycles. The first-order chi connectivity index (χ1) is 6.07. The Morgan fingerprint density at radius 1 is 1.54 bits per heavy atom. The van der Waals surface area contributed by atoms with Crippen molar-refractivity contribution < 1.29 is 9.90 Å². The molecular formula is C8H12N2O3. The van der Waals surface area contributed by atoms with Crippen LogP contribution in [0.5, 0.6) is 0 Å². The van der Waals surface area contributed by atoms with Crippen LogP contribution >= 0.6 is 0 Å². The van der Waals surface area contributed by atoms with Crippen LogP contribution < -0.4 is 5.56 Å². The van der Waals surface area contributed by atoms with E-state index in [-0.39, 0.29) is 5.56 Å². The largest absolute Gasteiger partial charge is 0.481 e. The second kappa shape index (κ2) is 3.47. The smallest absolute Gasteiger partial charge is 0.312 e. The van der Waals surface area contributed by atoms with Gasteiger partial charge in [0, 0.05) is 5.56 Å². The van der Waals surface area contributed by atoms with E-state index in [0.717, 1.165) is 0 Å². The standard InChI is InChI=1S/C8H12N2O3/c1-3-5(8(12)13)6-4(2)7(11)10-9-6/h5H,3H2,1-2H3,(H,12,13)(H2,9,10,11). The second-order valence-corrected chi connectivity index (χ2v) is 2.92. The molecule has 0 bridgehead atoms. The van der Waals surface area contributed by atoms with Crippen LogP contribution in [-0.4, -0.2) is 21.3 Å². The number of hydrogen-bond donors (Lipinski definition) is 3. The van der Waals surface area contributed by atoms with Gasteiger partial charge >= 0.3 is 5.97 Å². The Bertz CT molecular complexity index is 364. The van der Waals surface area contributed by atoms with Gasteiger partial charge in [-0.3, -0.25) is 14.7 Å². The van der Waals surface area contributed by atoms with E-state index in [9.17, 15) is 9.59 Å². The van der Waals surface area contributed by atoms with E-state index in [1.165, 1.54) is 0 Å². The summed E-state index contributed by atoms with van der Waals surface area (Å²) in [5.41, 5.74) is 0.670. The van der Waals surface area contributed by atoms with Gasteiger partial charge in [-0.05, 0) is 13.3 Å². The van der Waals surface area contributed by atoms with Gasteiger partial charge in [0.2, 0.25) is 0 Å². The van der Waals surface area contributed by atoms with Gasteiger partial charge in [0.05, 0.1) is 11.6 Å². The average molecular weight is 184 g/mol. The number of hydrogen-bond acceptors (Lipinski definition) is 2. The van der Waals surface area contributed by atoms with Crippen LogP contribution in [0.3, 0.4) is 0 Å². The molecule has 0 aliphatic carbocycles. The van der Waals surface area contributed by atoms with Crippen molar-refractivity contribution in [3.63, 3.8) is 0 Å². The fraction of sp³-hybridized carbons (Fsp3) is 0.500. The predicted molar refractivity (Wildman–Crippen MR) is 46.8 cm³/mol. The molecule has 0 spiro atoms. The quantitative estimate of drug-likeness (QED) is 0.642. The van der Waals surface area contributed by atoms with Gasteiger partial charge in [-0.25, -0.2) is 0 Å². The van der Waals surface area contributed by atoms with Crippen molar-refractivity contribution in [3.05, 3.63) is 21.6 Å². The first kappa shape index (κ1) is 9.57. The van der Waals surface area contributed by atoms with Crippen LogP contribution in [-0.2, 0) is 4.79 Å². The van der Waals surface area contributed by atoms with Crippen molar-refractivity contribution >= 4 is 5.97 Å². The van der Waals surface area contributed by atoms with Gasteiger partial charge < -0.3 is 10.2 Å². The number of aromatic nitrogens is 2. The lowest BCUT2D eigenvalue weighted by Gasteiger charge is -2.07. The van der Waals surface area contributed by atoms with Crippen LogP contribution in [0.25, 0.3) is 0 Å². The van der Waals surface area contributed by atoms with Gasteiger partial charge in [0.15, 0.2) is 0 Å². The van der Waals surface area contributed by atoms with E-state index >= 15 is 0 Å². The SMILES string of the molecule is CCC(C(=O)O)c1[nH][nH]c(=O)c1C. The molecule has 1 aromatic heterocycles. The summed E-state index contributed by atoms with van der Waals surface area (Å²) in [5, 5.41) is 13.8.